The number of hydrogen-bond acceptors (Lipinski definition) is 4. The molecule has 122 valence electrons. The minimum Gasteiger partial charge on any atom is -0.443 e. The van der Waals surface area contributed by atoms with Crippen LogP contribution in [-0.2, 0) is 6.54 Å². The first-order valence-electron chi connectivity index (χ1n) is 7.81. The Hall–Kier alpha value is -2.05. The zero-order valence-electron chi connectivity index (χ0n) is 13.4. The van der Waals surface area contributed by atoms with E-state index in [0.29, 0.717) is 17.3 Å². The first-order chi connectivity index (χ1) is 10.5. The van der Waals surface area contributed by atoms with Crippen LogP contribution in [-0.4, -0.2) is 41.0 Å². The van der Waals surface area contributed by atoms with Crippen molar-refractivity contribution in [1.29, 1.82) is 0 Å². The van der Waals surface area contributed by atoms with Gasteiger partial charge in [0.15, 0.2) is 5.69 Å². The van der Waals surface area contributed by atoms with Crippen LogP contribution in [0.1, 0.15) is 55.2 Å². The standard InChI is InChI=1S/C15H24N4O3/c1-4-10(2)17-15(21)16-9-12-18-13(11(3)22-12)14(20)19-7-5-6-8-19/h10H,4-9H2,1-3H3,(H2,16,17,21)/t10-/m1/s1. The van der Waals surface area contributed by atoms with Crippen LogP contribution in [0.5, 0.6) is 0 Å². The molecular formula is C15H24N4O3. The fourth-order valence-electron chi connectivity index (χ4n) is 2.33. The lowest BCUT2D eigenvalue weighted by Crippen LogP contribution is -2.40. The normalized spacial score (nSPS) is 15.7. The summed E-state index contributed by atoms with van der Waals surface area (Å²) < 4.78 is 5.48. The maximum absolute atomic E-state index is 12.3. The Bertz CT molecular complexity index is 535. The fourth-order valence-corrected chi connectivity index (χ4v) is 2.33. The van der Waals surface area contributed by atoms with E-state index in [4.69, 9.17) is 4.42 Å². The number of nitrogens with one attached hydrogen (secondary N) is 2. The highest BCUT2D eigenvalue weighted by Gasteiger charge is 2.25. The summed E-state index contributed by atoms with van der Waals surface area (Å²) in [6.07, 6.45) is 2.93. The average Bonchev–Trinajstić information content (AvgIpc) is 3.14. The van der Waals surface area contributed by atoms with Crippen molar-refractivity contribution in [2.45, 2.75) is 52.6 Å². The van der Waals surface area contributed by atoms with Crippen molar-refractivity contribution in [1.82, 2.24) is 20.5 Å². The van der Waals surface area contributed by atoms with E-state index in [2.05, 4.69) is 15.6 Å². The summed E-state index contributed by atoms with van der Waals surface area (Å²) in [6.45, 7) is 7.36. The molecule has 1 aromatic rings. The van der Waals surface area contributed by atoms with Gasteiger partial charge in [0.25, 0.3) is 5.91 Å². The number of carbonyl (C=O) groups excluding carboxylic acids is 2. The van der Waals surface area contributed by atoms with Gasteiger partial charge in [-0.05, 0) is 33.1 Å². The van der Waals surface area contributed by atoms with Crippen LogP contribution >= 0.6 is 0 Å². The Balaban J connectivity index is 1.92. The van der Waals surface area contributed by atoms with E-state index in [1.807, 2.05) is 13.8 Å². The highest BCUT2D eigenvalue weighted by atomic mass is 16.4. The Labute approximate surface area is 130 Å². The molecule has 0 radical (unpaired) electrons. The molecule has 0 aliphatic carbocycles. The fraction of sp³-hybridized carbons (Fsp3) is 0.667. The molecule has 1 aromatic heterocycles. The van der Waals surface area contributed by atoms with Gasteiger partial charge in [0, 0.05) is 19.1 Å². The number of aryl methyl sites for hydroxylation is 1. The lowest BCUT2D eigenvalue weighted by molar-refractivity contribution is 0.0786. The van der Waals surface area contributed by atoms with E-state index in [-0.39, 0.29) is 24.5 Å². The minimum absolute atomic E-state index is 0.0888. The third-order valence-corrected chi connectivity index (χ3v) is 3.83. The van der Waals surface area contributed by atoms with Crippen molar-refractivity contribution >= 4 is 11.9 Å². The summed E-state index contributed by atoms with van der Waals surface area (Å²) in [7, 11) is 0. The summed E-state index contributed by atoms with van der Waals surface area (Å²) in [5, 5.41) is 5.48. The molecule has 0 spiro atoms. The molecule has 7 nitrogen and oxygen atoms in total. The Morgan fingerprint density at radius 1 is 1.36 bits per heavy atom. The Kier molecular flexibility index (Phi) is 5.41. The van der Waals surface area contributed by atoms with Crippen molar-refractivity contribution in [3.8, 4) is 0 Å². The van der Waals surface area contributed by atoms with Crippen LogP contribution < -0.4 is 10.6 Å². The molecule has 3 amide bonds. The lowest BCUT2D eigenvalue weighted by atomic mass is 10.3. The maximum Gasteiger partial charge on any atom is 0.315 e. The van der Waals surface area contributed by atoms with Crippen molar-refractivity contribution < 1.29 is 14.0 Å². The van der Waals surface area contributed by atoms with Crippen LogP contribution in [0.3, 0.4) is 0 Å². The molecule has 0 aromatic carbocycles. The van der Waals surface area contributed by atoms with Gasteiger partial charge in [0.2, 0.25) is 5.89 Å². The van der Waals surface area contributed by atoms with Crippen LogP contribution in [0.2, 0.25) is 0 Å². The molecule has 7 heteroatoms. The zero-order chi connectivity index (χ0) is 16.1. The van der Waals surface area contributed by atoms with Crippen molar-refractivity contribution in [2.75, 3.05) is 13.1 Å². The monoisotopic (exact) mass is 308 g/mol. The van der Waals surface area contributed by atoms with E-state index in [1.54, 1.807) is 11.8 Å². The third kappa shape index (κ3) is 3.99. The van der Waals surface area contributed by atoms with Gasteiger partial charge >= 0.3 is 6.03 Å². The van der Waals surface area contributed by atoms with Gasteiger partial charge in [0.05, 0.1) is 6.54 Å². The van der Waals surface area contributed by atoms with Gasteiger partial charge in [-0.2, -0.15) is 0 Å². The Morgan fingerprint density at radius 3 is 2.68 bits per heavy atom. The largest absolute Gasteiger partial charge is 0.443 e. The van der Waals surface area contributed by atoms with Crippen LogP contribution in [0, 0.1) is 6.92 Å². The summed E-state index contributed by atoms with van der Waals surface area (Å²) in [4.78, 5) is 30.0. The number of hydrogen-bond donors (Lipinski definition) is 2. The van der Waals surface area contributed by atoms with Crippen LogP contribution in [0.4, 0.5) is 4.79 Å². The Morgan fingerprint density at radius 2 is 2.05 bits per heavy atom. The maximum atomic E-state index is 12.3. The molecule has 0 bridgehead atoms. The molecule has 2 N–H and O–H groups in total. The second-order valence-electron chi connectivity index (χ2n) is 5.65. The molecule has 2 rings (SSSR count). The number of likely N-dealkylation sites (tertiary alicyclic amines) is 1. The van der Waals surface area contributed by atoms with Gasteiger partial charge in [-0.25, -0.2) is 9.78 Å². The molecule has 22 heavy (non-hydrogen) atoms. The number of nitrogens with zero attached hydrogens (tertiary/aromatic N) is 2. The quantitative estimate of drug-likeness (QED) is 0.868. The minimum atomic E-state index is -0.266. The van der Waals surface area contributed by atoms with E-state index in [1.165, 1.54) is 0 Å². The summed E-state index contributed by atoms with van der Waals surface area (Å²) in [5.74, 6) is 0.754. The summed E-state index contributed by atoms with van der Waals surface area (Å²) >= 11 is 0. The van der Waals surface area contributed by atoms with Crippen LogP contribution in [0.25, 0.3) is 0 Å². The predicted molar refractivity (Wildman–Crippen MR) is 81.5 cm³/mol. The van der Waals surface area contributed by atoms with Gasteiger partial charge in [-0.1, -0.05) is 6.92 Å². The van der Waals surface area contributed by atoms with Gasteiger partial charge < -0.3 is 20.0 Å². The smallest absolute Gasteiger partial charge is 0.315 e. The van der Waals surface area contributed by atoms with Crippen molar-refractivity contribution in [3.63, 3.8) is 0 Å². The molecule has 1 aliphatic heterocycles. The molecule has 0 saturated carbocycles. The number of carbonyl (C=O) groups is 2. The van der Waals surface area contributed by atoms with Crippen molar-refractivity contribution in [3.05, 3.63) is 17.3 Å². The summed E-state index contributed by atoms with van der Waals surface area (Å²) in [6, 6.07) is -0.156. The first kappa shape index (κ1) is 16.3. The van der Waals surface area contributed by atoms with Gasteiger partial charge in [-0.15, -0.1) is 0 Å². The SMILES string of the molecule is CC[C@@H](C)NC(=O)NCc1nc(C(=O)N2CCCC2)c(C)o1. The molecular weight excluding hydrogens is 284 g/mol. The third-order valence-electron chi connectivity index (χ3n) is 3.83. The van der Waals surface area contributed by atoms with E-state index >= 15 is 0 Å². The number of amides is 3. The first-order valence-corrected chi connectivity index (χ1v) is 7.81. The predicted octanol–water partition coefficient (Wildman–Crippen LogP) is 1.82. The molecule has 1 saturated heterocycles. The highest BCUT2D eigenvalue weighted by Crippen LogP contribution is 2.16. The number of urea groups is 1. The number of oxazole rings is 1. The second-order valence-corrected chi connectivity index (χ2v) is 5.65. The van der Waals surface area contributed by atoms with Crippen molar-refractivity contribution in [2.24, 2.45) is 0 Å². The van der Waals surface area contributed by atoms with E-state index in [9.17, 15) is 9.59 Å². The topological polar surface area (TPSA) is 87.5 Å². The molecule has 1 aliphatic rings. The molecule has 1 atom stereocenters. The number of aromatic nitrogens is 1. The van der Waals surface area contributed by atoms with E-state index < -0.39 is 0 Å². The van der Waals surface area contributed by atoms with Crippen LogP contribution in [0.15, 0.2) is 4.42 Å². The highest BCUT2D eigenvalue weighted by molar-refractivity contribution is 5.93. The molecule has 2 heterocycles. The zero-order valence-corrected chi connectivity index (χ0v) is 13.4. The number of rotatable bonds is 5. The van der Waals surface area contributed by atoms with Gasteiger partial charge in [0.1, 0.15) is 5.76 Å². The molecule has 1 fully saturated rings. The lowest BCUT2D eigenvalue weighted by Gasteiger charge is -2.13. The van der Waals surface area contributed by atoms with Gasteiger partial charge in [-0.3, -0.25) is 4.79 Å². The second kappa shape index (κ2) is 7.29. The molecule has 0 unspecified atom stereocenters. The van der Waals surface area contributed by atoms with E-state index in [0.717, 1.165) is 32.4 Å². The average molecular weight is 308 g/mol. The summed E-state index contributed by atoms with van der Waals surface area (Å²) in [5.41, 5.74) is 0.348.